The molecular weight excluding hydrogens is 476 g/mol. The third-order valence-corrected chi connectivity index (χ3v) is 7.15. The molecular formula is C28H28N2O5S. The molecule has 0 fully saturated rings. The number of carboxylic acid groups (broad SMARTS) is 1. The van der Waals surface area contributed by atoms with Crippen molar-refractivity contribution in [3.8, 4) is 11.1 Å². The monoisotopic (exact) mass is 504 g/mol. The maximum atomic E-state index is 12.6. The lowest BCUT2D eigenvalue weighted by Gasteiger charge is -2.21. The molecule has 0 aromatic heterocycles. The Labute approximate surface area is 214 Å². The largest absolute Gasteiger partial charge is 0.480 e. The fourth-order valence-electron chi connectivity index (χ4n) is 4.41. The molecule has 3 aromatic carbocycles. The number of rotatable bonds is 10. The van der Waals surface area contributed by atoms with Gasteiger partial charge in [0.15, 0.2) is 0 Å². The number of ether oxygens (including phenoxy) is 1. The molecule has 4 rings (SSSR count). The number of fused-ring (bicyclic) bond motifs is 3. The maximum Gasteiger partial charge on any atom is 0.407 e. The molecule has 1 aliphatic carbocycles. The molecule has 1 unspecified atom stereocenters. The summed E-state index contributed by atoms with van der Waals surface area (Å²) in [7, 11) is 0. The minimum absolute atomic E-state index is 0.0393. The van der Waals surface area contributed by atoms with Gasteiger partial charge in [0.1, 0.15) is 12.6 Å². The minimum Gasteiger partial charge on any atom is -0.480 e. The molecule has 0 heterocycles. The first-order valence-electron chi connectivity index (χ1n) is 11.8. The number of hydrogen-bond acceptors (Lipinski definition) is 5. The van der Waals surface area contributed by atoms with E-state index in [1.165, 1.54) is 0 Å². The Hall–Kier alpha value is -3.78. The second-order valence-corrected chi connectivity index (χ2v) is 9.38. The van der Waals surface area contributed by atoms with Gasteiger partial charge in [-0.2, -0.15) is 0 Å². The van der Waals surface area contributed by atoms with Gasteiger partial charge in [0.25, 0.3) is 0 Å². The fraction of sp³-hybridized carbons (Fsp3) is 0.250. The van der Waals surface area contributed by atoms with Gasteiger partial charge < -0.3 is 20.1 Å². The van der Waals surface area contributed by atoms with Crippen LogP contribution in [0.3, 0.4) is 0 Å². The molecule has 1 aliphatic rings. The Morgan fingerprint density at radius 3 is 2.11 bits per heavy atom. The van der Waals surface area contributed by atoms with Gasteiger partial charge in [-0.05, 0) is 41.3 Å². The van der Waals surface area contributed by atoms with Crippen molar-refractivity contribution in [2.45, 2.75) is 18.9 Å². The van der Waals surface area contributed by atoms with E-state index in [1.807, 2.05) is 85.8 Å². The fourth-order valence-corrected chi connectivity index (χ4v) is 5.32. The second kappa shape index (κ2) is 11.8. The van der Waals surface area contributed by atoms with Crippen LogP contribution < -0.4 is 10.2 Å². The number of nitrogens with one attached hydrogen (secondary N) is 1. The van der Waals surface area contributed by atoms with E-state index < -0.39 is 18.1 Å². The van der Waals surface area contributed by atoms with Gasteiger partial charge in [-0.3, -0.25) is 4.79 Å². The average molecular weight is 505 g/mol. The van der Waals surface area contributed by atoms with Crippen LogP contribution in [-0.4, -0.2) is 53.8 Å². The summed E-state index contributed by atoms with van der Waals surface area (Å²) in [6.07, 6.45) is -0.796. The minimum atomic E-state index is -1.18. The van der Waals surface area contributed by atoms with Gasteiger partial charge in [-0.1, -0.05) is 66.7 Å². The number of alkyl carbamates (subject to hydrolysis) is 1. The van der Waals surface area contributed by atoms with E-state index in [0.717, 1.165) is 39.7 Å². The first kappa shape index (κ1) is 25.3. The molecule has 3 aromatic rings. The van der Waals surface area contributed by atoms with E-state index in [9.17, 15) is 19.5 Å². The molecule has 0 bridgehead atoms. The summed E-state index contributed by atoms with van der Waals surface area (Å²) in [5, 5.41) is 12.0. The highest BCUT2D eigenvalue weighted by atomic mass is 32.2. The van der Waals surface area contributed by atoms with Gasteiger partial charge in [0, 0.05) is 23.9 Å². The molecule has 1 atom stereocenters. The van der Waals surface area contributed by atoms with Crippen LogP contribution in [0.1, 0.15) is 24.0 Å². The van der Waals surface area contributed by atoms with Crippen molar-refractivity contribution in [1.82, 2.24) is 5.32 Å². The molecule has 0 aliphatic heterocycles. The summed E-state index contributed by atoms with van der Waals surface area (Å²) >= 11 is 1.16. The molecule has 0 spiro atoms. The van der Waals surface area contributed by atoms with Gasteiger partial charge in [0.2, 0.25) is 5.91 Å². The molecule has 2 N–H and O–H groups in total. The lowest BCUT2D eigenvalue weighted by Crippen LogP contribution is -2.43. The lowest BCUT2D eigenvalue weighted by molar-refractivity contribution is -0.138. The number of nitrogens with zero attached hydrogens (tertiary/aromatic N) is 1. The third-order valence-electron chi connectivity index (χ3n) is 6.13. The highest BCUT2D eigenvalue weighted by molar-refractivity contribution is 8.00. The van der Waals surface area contributed by atoms with Crippen LogP contribution in [0.25, 0.3) is 11.1 Å². The number of hydrogen-bond donors (Lipinski definition) is 2. The number of anilines is 1. The van der Waals surface area contributed by atoms with E-state index in [1.54, 1.807) is 4.90 Å². The summed E-state index contributed by atoms with van der Waals surface area (Å²) in [4.78, 5) is 38.5. The third kappa shape index (κ3) is 5.71. The van der Waals surface area contributed by atoms with E-state index in [2.05, 4.69) is 5.32 Å². The summed E-state index contributed by atoms with van der Waals surface area (Å²) < 4.78 is 5.46. The van der Waals surface area contributed by atoms with Gasteiger partial charge in [-0.25, -0.2) is 9.59 Å². The number of carboxylic acids is 1. The topological polar surface area (TPSA) is 95.9 Å². The first-order valence-corrected chi connectivity index (χ1v) is 12.9. The summed E-state index contributed by atoms with van der Waals surface area (Å²) in [6, 6.07) is 24.1. The lowest BCUT2D eigenvalue weighted by atomic mass is 9.98. The standard InChI is InChI=1S/C28H28N2O5S/c1-2-30(19-10-4-3-5-11-19)26(31)18-36-17-25(27(32)33)29-28(34)35-16-24-22-14-8-6-12-20(22)21-13-7-9-15-23(21)24/h3-15,24-25H,2,16-18H2,1H3,(H,29,34)(H,32,33). The van der Waals surface area contributed by atoms with Crippen LogP contribution in [-0.2, 0) is 14.3 Å². The Kier molecular flexibility index (Phi) is 8.28. The average Bonchev–Trinajstić information content (AvgIpc) is 3.21. The number of para-hydroxylation sites is 1. The van der Waals surface area contributed by atoms with E-state index in [0.29, 0.717) is 6.54 Å². The molecule has 8 heteroatoms. The molecule has 0 saturated carbocycles. The predicted octanol–water partition coefficient (Wildman–Crippen LogP) is 4.76. The molecule has 186 valence electrons. The van der Waals surface area contributed by atoms with Gasteiger partial charge in [0.05, 0.1) is 5.75 Å². The number of benzene rings is 3. The van der Waals surface area contributed by atoms with Crippen molar-refractivity contribution in [3.05, 3.63) is 90.0 Å². The van der Waals surface area contributed by atoms with E-state index in [4.69, 9.17) is 4.74 Å². The van der Waals surface area contributed by atoms with Crippen LogP contribution in [0.5, 0.6) is 0 Å². The van der Waals surface area contributed by atoms with E-state index >= 15 is 0 Å². The predicted molar refractivity (Wildman–Crippen MR) is 141 cm³/mol. The van der Waals surface area contributed by atoms with Crippen LogP contribution in [0.15, 0.2) is 78.9 Å². The highest BCUT2D eigenvalue weighted by Gasteiger charge is 2.30. The number of carbonyl (C=O) groups excluding carboxylic acids is 2. The van der Waals surface area contributed by atoms with Crippen molar-refractivity contribution >= 4 is 35.4 Å². The van der Waals surface area contributed by atoms with Crippen molar-refractivity contribution < 1.29 is 24.2 Å². The first-order chi connectivity index (χ1) is 17.5. The molecule has 0 saturated heterocycles. The number of amides is 2. The Morgan fingerprint density at radius 2 is 1.53 bits per heavy atom. The van der Waals surface area contributed by atoms with Crippen molar-refractivity contribution in [1.29, 1.82) is 0 Å². The summed E-state index contributed by atoms with van der Waals surface area (Å²) in [5.74, 6) is -1.29. The van der Waals surface area contributed by atoms with Crippen LogP contribution >= 0.6 is 11.8 Å². The maximum absolute atomic E-state index is 12.6. The summed E-state index contributed by atoms with van der Waals surface area (Å²) in [6.45, 7) is 2.48. The van der Waals surface area contributed by atoms with Gasteiger partial charge >= 0.3 is 12.1 Å². The molecule has 7 nitrogen and oxygen atoms in total. The molecule has 0 radical (unpaired) electrons. The quantitative estimate of drug-likeness (QED) is 0.413. The Morgan fingerprint density at radius 1 is 0.944 bits per heavy atom. The number of thioether (sulfide) groups is 1. The van der Waals surface area contributed by atoms with Crippen molar-refractivity contribution in [3.63, 3.8) is 0 Å². The van der Waals surface area contributed by atoms with Crippen LogP contribution in [0, 0.1) is 0 Å². The highest BCUT2D eigenvalue weighted by Crippen LogP contribution is 2.44. The van der Waals surface area contributed by atoms with Gasteiger partial charge in [-0.15, -0.1) is 11.8 Å². The molecule has 36 heavy (non-hydrogen) atoms. The zero-order valence-electron chi connectivity index (χ0n) is 19.9. The number of aliphatic carboxylic acids is 1. The SMILES string of the molecule is CCN(C(=O)CSCC(NC(=O)OCC1c2ccccc2-c2ccccc21)C(=O)O)c1ccccc1. The zero-order valence-corrected chi connectivity index (χ0v) is 20.7. The Balaban J connectivity index is 1.30. The van der Waals surface area contributed by atoms with Crippen molar-refractivity contribution in [2.75, 3.05) is 29.6 Å². The number of carbonyl (C=O) groups is 3. The Bertz CT molecular complexity index is 1190. The van der Waals surface area contributed by atoms with Crippen LogP contribution in [0.4, 0.5) is 10.5 Å². The smallest absolute Gasteiger partial charge is 0.407 e. The van der Waals surface area contributed by atoms with E-state index in [-0.39, 0.29) is 29.9 Å². The van der Waals surface area contributed by atoms with Crippen molar-refractivity contribution in [2.24, 2.45) is 0 Å². The second-order valence-electron chi connectivity index (χ2n) is 8.35. The normalized spacial score (nSPS) is 12.8. The summed E-state index contributed by atoms with van der Waals surface area (Å²) in [5.41, 5.74) is 5.17. The van der Waals surface area contributed by atoms with Crippen LogP contribution in [0.2, 0.25) is 0 Å². The zero-order chi connectivity index (χ0) is 25.5. The molecule has 2 amide bonds.